The minimum Gasteiger partial charge on any atom is -0.481 e. The summed E-state index contributed by atoms with van der Waals surface area (Å²) in [5.74, 6) is -3.43. The van der Waals surface area contributed by atoms with Gasteiger partial charge in [-0.1, -0.05) is 37.8 Å². The van der Waals surface area contributed by atoms with Gasteiger partial charge in [0.05, 0.1) is 23.7 Å². The molecule has 60 heavy (non-hydrogen) atoms. The van der Waals surface area contributed by atoms with E-state index in [9.17, 15) is 28.8 Å². The zero-order chi connectivity index (χ0) is 44.6. The number of aliphatic hydroxyl groups excluding tert-OH is 1. The molecule has 1 aromatic carbocycles. The topological polar surface area (TPSA) is 242 Å². The summed E-state index contributed by atoms with van der Waals surface area (Å²) in [5.41, 5.74) is -0.105. The van der Waals surface area contributed by atoms with Crippen LogP contribution in [0.25, 0.3) is 0 Å². The Morgan fingerprint density at radius 3 is 1.35 bits per heavy atom. The van der Waals surface area contributed by atoms with Crippen LogP contribution in [0.4, 0.5) is 9.59 Å². The molecule has 4 aliphatic rings. The van der Waals surface area contributed by atoms with Crippen LogP contribution in [0.2, 0.25) is 0 Å². The van der Waals surface area contributed by atoms with Crippen molar-refractivity contribution in [1.82, 2.24) is 20.4 Å². The number of esters is 1. The van der Waals surface area contributed by atoms with Crippen molar-refractivity contribution >= 4 is 36.1 Å². The molecule has 17 heteroatoms. The summed E-state index contributed by atoms with van der Waals surface area (Å²) < 4.78 is 15.9. The van der Waals surface area contributed by atoms with Gasteiger partial charge >= 0.3 is 36.1 Å². The van der Waals surface area contributed by atoms with Gasteiger partial charge in [-0.2, -0.15) is 0 Å². The quantitative estimate of drug-likeness (QED) is 0.153. The number of ether oxygens (including phenoxy) is 3. The Hall–Kier alpha value is -4.48. The zero-order valence-electron chi connectivity index (χ0n) is 36.1. The molecule has 0 aliphatic carbocycles. The molecule has 2 amide bonds. The molecule has 5 rings (SSSR count). The average molecular weight is 855 g/mol. The Morgan fingerprint density at radius 1 is 0.617 bits per heavy atom. The molecular weight excluding hydrogens is 780 g/mol. The highest BCUT2D eigenvalue weighted by Crippen LogP contribution is 2.22. The number of amides is 2. The van der Waals surface area contributed by atoms with Crippen LogP contribution < -0.4 is 10.6 Å². The van der Waals surface area contributed by atoms with E-state index >= 15 is 0 Å². The van der Waals surface area contributed by atoms with Gasteiger partial charge in [-0.15, -0.1) is 0 Å². The molecule has 0 saturated carbocycles. The highest BCUT2D eigenvalue weighted by atomic mass is 16.6. The third-order valence-corrected chi connectivity index (χ3v) is 9.34. The average Bonchev–Trinajstić information content (AvgIpc) is 3.21. The van der Waals surface area contributed by atoms with Gasteiger partial charge in [-0.25, -0.2) is 9.59 Å². The number of carboxylic acids is 3. The van der Waals surface area contributed by atoms with Gasteiger partial charge < -0.3 is 55.1 Å². The molecular formula is C43H74N4O13. The fourth-order valence-electron chi connectivity index (χ4n) is 6.30. The predicted molar refractivity (Wildman–Crippen MR) is 226 cm³/mol. The van der Waals surface area contributed by atoms with Crippen LogP contribution >= 0.6 is 0 Å². The van der Waals surface area contributed by atoms with E-state index in [1.165, 1.54) is 4.90 Å². The standard InChI is InChI=1S/C18H25NO4.C11H19NO4.2C6H11NO2.CH4O.CH4/c1-18(2,3)23-17(21)19-11-7-10-15(12-19)16(20)22-13-14-8-5-4-6-9-14;1-11(2,3)16-10(15)12-6-4-5-8(7-12)9(13)14;2*8-6(9)5-2-1-3-7-4-5;1-2;/h4-6,8-9,15H,7,10-13H2,1-3H3;8H,4-7H2,1-3H3,(H,13,14);2*5,7H,1-4H2,(H,8,9);2H,1H3;1H4/t15-;8-;5-;;;/m000.../s1. The number of nitrogens with zero attached hydrogens (tertiary/aromatic N) is 2. The number of hydrogen-bond donors (Lipinski definition) is 6. The first-order chi connectivity index (χ1) is 27.8. The second-order valence-electron chi connectivity index (χ2n) is 16.7. The number of carboxylic acid groups (broad SMARTS) is 3. The van der Waals surface area contributed by atoms with Crippen molar-refractivity contribution < 1.29 is 63.4 Å². The Labute approximate surface area is 356 Å². The lowest BCUT2D eigenvalue weighted by molar-refractivity contribution is -0.151. The molecule has 4 atom stereocenters. The molecule has 344 valence electrons. The summed E-state index contributed by atoms with van der Waals surface area (Å²) in [6.45, 7) is 16.2. The second-order valence-corrected chi connectivity index (χ2v) is 16.7. The van der Waals surface area contributed by atoms with E-state index in [-0.39, 0.29) is 50.4 Å². The van der Waals surface area contributed by atoms with Crippen LogP contribution in [-0.2, 0) is 40.0 Å². The Kier molecular flexibility index (Phi) is 26.7. The summed E-state index contributed by atoms with van der Waals surface area (Å²) >= 11 is 0. The molecule has 0 spiro atoms. The van der Waals surface area contributed by atoms with Crippen LogP contribution in [0.15, 0.2) is 30.3 Å². The molecule has 0 aromatic heterocycles. The highest BCUT2D eigenvalue weighted by molar-refractivity contribution is 5.75. The van der Waals surface area contributed by atoms with Crippen LogP contribution in [0, 0.1) is 23.7 Å². The second kappa shape index (κ2) is 28.9. The number of aliphatic hydroxyl groups is 1. The van der Waals surface area contributed by atoms with Gasteiger partial charge in [0, 0.05) is 46.4 Å². The van der Waals surface area contributed by atoms with E-state index in [2.05, 4.69) is 10.6 Å². The van der Waals surface area contributed by atoms with Crippen LogP contribution in [-0.4, -0.2) is 137 Å². The van der Waals surface area contributed by atoms with Crippen LogP contribution in [0.5, 0.6) is 0 Å². The monoisotopic (exact) mass is 855 g/mol. The first kappa shape index (κ1) is 55.5. The maximum Gasteiger partial charge on any atom is 0.410 e. The van der Waals surface area contributed by atoms with Gasteiger partial charge in [0.25, 0.3) is 0 Å². The van der Waals surface area contributed by atoms with Gasteiger partial charge in [0.2, 0.25) is 0 Å². The summed E-state index contributed by atoms with van der Waals surface area (Å²) in [6.07, 6.45) is 5.76. The molecule has 4 aliphatic heterocycles. The Bertz CT molecular complexity index is 1390. The fourth-order valence-corrected chi connectivity index (χ4v) is 6.30. The molecule has 1 unspecified atom stereocenters. The third-order valence-electron chi connectivity index (χ3n) is 9.34. The van der Waals surface area contributed by atoms with Crippen molar-refractivity contribution in [2.45, 2.75) is 118 Å². The van der Waals surface area contributed by atoms with E-state index in [0.717, 1.165) is 70.7 Å². The fraction of sp³-hybridized carbons (Fsp3) is 0.721. The Morgan fingerprint density at radius 2 is 1.00 bits per heavy atom. The number of hydrogen-bond acceptors (Lipinski definition) is 12. The molecule has 4 heterocycles. The normalized spacial score (nSPS) is 21.3. The number of benzene rings is 1. The van der Waals surface area contributed by atoms with Crippen molar-refractivity contribution in [3.63, 3.8) is 0 Å². The molecule has 6 N–H and O–H groups in total. The first-order valence-corrected chi connectivity index (χ1v) is 20.5. The number of rotatable bonds is 6. The van der Waals surface area contributed by atoms with Gasteiger partial charge in [0.1, 0.15) is 17.8 Å². The van der Waals surface area contributed by atoms with Crippen molar-refractivity contribution in [3.05, 3.63) is 35.9 Å². The summed E-state index contributed by atoms with van der Waals surface area (Å²) in [6, 6.07) is 9.58. The van der Waals surface area contributed by atoms with Crippen molar-refractivity contribution in [2.75, 3.05) is 59.5 Å². The lowest BCUT2D eigenvalue weighted by Crippen LogP contribution is -2.45. The largest absolute Gasteiger partial charge is 0.481 e. The van der Waals surface area contributed by atoms with Crippen molar-refractivity contribution in [2.24, 2.45) is 23.7 Å². The lowest BCUT2D eigenvalue weighted by atomic mass is 9.98. The van der Waals surface area contributed by atoms with Crippen LogP contribution in [0.1, 0.15) is 106 Å². The molecule has 17 nitrogen and oxygen atoms in total. The summed E-state index contributed by atoms with van der Waals surface area (Å²) in [7, 11) is 1.00. The SMILES string of the molecule is C.CC(C)(C)OC(=O)N1CCC[C@H](C(=O)O)C1.CC(C)(C)OC(=O)N1CCC[C@H](C(=O)OCc2ccccc2)C1.CO.O=C(O)C1CCCNC1.O=C(O)[C@H]1CCCNC1. The third kappa shape index (κ3) is 23.9. The van der Waals surface area contributed by atoms with E-state index in [0.29, 0.717) is 39.1 Å². The maximum absolute atomic E-state index is 12.2. The molecule has 0 radical (unpaired) electrons. The minimum absolute atomic E-state index is 0. The minimum atomic E-state index is -0.840. The van der Waals surface area contributed by atoms with E-state index in [1.807, 2.05) is 51.1 Å². The molecule has 1 aromatic rings. The lowest BCUT2D eigenvalue weighted by Gasteiger charge is -2.33. The van der Waals surface area contributed by atoms with Crippen LogP contribution in [0.3, 0.4) is 0 Å². The van der Waals surface area contributed by atoms with E-state index in [4.69, 9.17) is 34.6 Å². The number of carbonyl (C=O) groups is 6. The van der Waals surface area contributed by atoms with Gasteiger partial charge in [-0.05, 0) is 112 Å². The number of aliphatic carboxylic acids is 3. The summed E-state index contributed by atoms with van der Waals surface area (Å²) in [5, 5.41) is 39.0. The molecule has 4 saturated heterocycles. The van der Waals surface area contributed by atoms with E-state index in [1.54, 1.807) is 25.7 Å². The van der Waals surface area contributed by atoms with Gasteiger partial charge in [-0.3, -0.25) is 19.2 Å². The zero-order valence-corrected chi connectivity index (χ0v) is 36.1. The van der Waals surface area contributed by atoms with E-state index < -0.39 is 41.1 Å². The molecule has 0 bridgehead atoms. The number of piperidine rings is 4. The van der Waals surface area contributed by atoms with Crippen molar-refractivity contribution in [3.8, 4) is 0 Å². The first-order valence-electron chi connectivity index (χ1n) is 20.5. The predicted octanol–water partition coefficient (Wildman–Crippen LogP) is 5.48. The smallest absolute Gasteiger partial charge is 0.410 e. The van der Waals surface area contributed by atoms with Gasteiger partial charge in [0.15, 0.2) is 0 Å². The van der Waals surface area contributed by atoms with Crippen molar-refractivity contribution in [1.29, 1.82) is 0 Å². The maximum atomic E-state index is 12.2. The number of nitrogens with one attached hydrogen (secondary N) is 2. The molecule has 4 fully saturated rings. The highest BCUT2D eigenvalue weighted by Gasteiger charge is 2.33. The Balaban J connectivity index is 0.000000816. The number of carbonyl (C=O) groups excluding carboxylic acids is 3. The summed E-state index contributed by atoms with van der Waals surface area (Å²) in [4.78, 5) is 70.6. The number of likely N-dealkylation sites (tertiary alicyclic amines) is 2.